The Morgan fingerprint density at radius 1 is 1.46 bits per heavy atom. The van der Waals surface area contributed by atoms with Crippen LogP contribution >= 0.6 is 0 Å². The van der Waals surface area contributed by atoms with E-state index >= 15 is 0 Å². The highest BCUT2D eigenvalue weighted by Gasteiger charge is 2.31. The molecule has 5 heteroatoms. The minimum Gasteiger partial charge on any atom is -0.469 e. The molecular weight excluding hydrogens is 174 g/mol. The number of nitrogens with two attached hydrogens (primary N) is 1. The number of esters is 1. The van der Waals surface area contributed by atoms with Gasteiger partial charge in [-0.3, -0.25) is 4.79 Å². The van der Waals surface area contributed by atoms with E-state index in [0.717, 1.165) is 0 Å². The first-order valence-electron chi connectivity index (χ1n) is 4.17. The first-order chi connectivity index (χ1) is 6.16. The summed E-state index contributed by atoms with van der Waals surface area (Å²) in [5.41, 5.74) is 5.15. The van der Waals surface area contributed by atoms with Crippen molar-refractivity contribution in [3.8, 4) is 0 Å². The summed E-state index contributed by atoms with van der Waals surface area (Å²) in [7, 11) is 1.34. The number of ether oxygens (including phenoxy) is 3. The fraction of sp³-hybridized carbons (Fsp3) is 0.875. The maximum atomic E-state index is 11.0. The largest absolute Gasteiger partial charge is 0.469 e. The highest BCUT2D eigenvalue weighted by atomic mass is 16.5. The van der Waals surface area contributed by atoms with Crippen LogP contribution in [0.4, 0.5) is 0 Å². The van der Waals surface area contributed by atoms with E-state index in [-0.39, 0.29) is 12.4 Å². The molecule has 1 aliphatic heterocycles. The molecular formula is C8H15NO4. The molecule has 1 rings (SSSR count). The zero-order valence-electron chi connectivity index (χ0n) is 7.75. The third-order valence-corrected chi connectivity index (χ3v) is 1.88. The minimum absolute atomic E-state index is 0.128. The minimum atomic E-state index is -0.733. The molecule has 5 nitrogen and oxygen atoms in total. The molecule has 0 aliphatic carbocycles. The molecule has 0 amide bonds. The third kappa shape index (κ3) is 3.30. The summed E-state index contributed by atoms with van der Waals surface area (Å²) in [6.07, 6.45) is 0.128. The Morgan fingerprint density at radius 3 is 2.46 bits per heavy atom. The fourth-order valence-electron chi connectivity index (χ4n) is 1.17. The third-order valence-electron chi connectivity index (χ3n) is 1.88. The Morgan fingerprint density at radius 2 is 2.00 bits per heavy atom. The predicted octanol–water partition coefficient (Wildman–Crippen LogP) is -0.706. The Balaban J connectivity index is 2.46. The number of hydrogen-bond acceptors (Lipinski definition) is 5. The van der Waals surface area contributed by atoms with Gasteiger partial charge in [-0.2, -0.15) is 0 Å². The van der Waals surface area contributed by atoms with Gasteiger partial charge in [0.25, 0.3) is 0 Å². The Kier molecular flexibility index (Phi) is 3.65. The topological polar surface area (TPSA) is 70.8 Å². The van der Waals surface area contributed by atoms with Crippen LogP contribution in [-0.4, -0.2) is 45.0 Å². The van der Waals surface area contributed by atoms with Crippen LogP contribution in [0.2, 0.25) is 0 Å². The van der Waals surface area contributed by atoms with Crippen molar-refractivity contribution in [1.29, 1.82) is 0 Å². The predicted molar refractivity (Wildman–Crippen MR) is 45.2 cm³/mol. The van der Waals surface area contributed by atoms with Gasteiger partial charge in [-0.15, -0.1) is 0 Å². The van der Waals surface area contributed by atoms with Crippen LogP contribution in [-0.2, 0) is 19.0 Å². The zero-order chi connectivity index (χ0) is 9.73. The number of rotatable bonds is 2. The van der Waals surface area contributed by atoms with Crippen molar-refractivity contribution >= 4 is 5.97 Å². The normalized spacial score (nSPS) is 22.0. The standard InChI is InChI=1S/C8H15NO4/c1-11-7(10)4-8(9)5-12-2-3-13-6-8/h2-6,9H2,1H3. The van der Waals surface area contributed by atoms with Crippen LogP contribution in [0.25, 0.3) is 0 Å². The van der Waals surface area contributed by atoms with Crippen molar-refractivity contribution in [1.82, 2.24) is 0 Å². The molecule has 0 radical (unpaired) electrons. The average molecular weight is 189 g/mol. The first kappa shape index (κ1) is 10.4. The summed E-state index contributed by atoms with van der Waals surface area (Å²) in [4.78, 5) is 11.0. The van der Waals surface area contributed by atoms with Gasteiger partial charge in [-0.25, -0.2) is 0 Å². The van der Waals surface area contributed by atoms with Crippen LogP contribution < -0.4 is 5.73 Å². The van der Waals surface area contributed by atoms with Crippen LogP contribution in [0, 0.1) is 0 Å². The number of hydrogen-bond donors (Lipinski definition) is 1. The molecule has 76 valence electrons. The molecule has 0 bridgehead atoms. The van der Waals surface area contributed by atoms with E-state index in [2.05, 4.69) is 4.74 Å². The lowest BCUT2D eigenvalue weighted by Crippen LogP contribution is -2.49. The molecule has 1 fully saturated rings. The Hall–Kier alpha value is -0.650. The van der Waals surface area contributed by atoms with Gasteiger partial charge in [0.1, 0.15) is 0 Å². The van der Waals surface area contributed by atoms with E-state index in [1.807, 2.05) is 0 Å². The summed E-state index contributed by atoms with van der Waals surface area (Å²) in [5.74, 6) is -0.336. The summed E-state index contributed by atoms with van der Waals surface area (Å²) >= 11 is 0. The summed E-state index contributed by atoms with van der Waals surface area (Å²) in [6, 6.07) is 0. The molecule has 0 aromatic carbocycles. The van der Waals surface area contributed by atoms with Crippen molar-refractivity contribution in [2.24, 2.45) is 5.73 Å². The molecule has 0 saturated carbocycles. The van der Waals surface area contributed by atoms with Gasteiger partial charge in [0.05, 0.1) is 45.5 Å². The first-order valence-corrected chi connectivity index (χ1v) is 4.17. The fourth-order valence-corrected chi connectivity index (χ4v) is 1.17. The van der Waals surface area contributed by atoms with Gasteiger partial charge in [0, 0.05) is 0 Å². The smallest absolute Gasteiger partial charge is 0.307 e. The maximum absolute atomic E-state index is 11.0. The van der Waals surface area contributed by atoms with E-state index in [1.54, 1.807) is 0 Å². The van der Waals surface area contributed by atoms with E-state index in [1.165, 1.54) is 7.11 Å². The lowest BCUT2D eigenvalue weighted by molar-refractivity contribution is -0.142. The SMILES string of the molecule is COC(=O)CC1(N)COCCOC1. The summed E-state index contributed by atoms with van der Waals surface area (Å²) in [5, 5.41) is 0. The van der Waals surface area contributed by atoms with Gasteiger partial charge in [-0.05, 0) is 0 Å². The maximum Gasteiger partial charge on any atom is 0.307 e. The van der Waals surface area contributed by atoms with Gasteiger partial charge in [0.2, 0.25) is 0 Å². The molecule has 0 aromatic heterocycles. The van der Waals surface area contributed by atoms with E-state index < -0.39 is 5.54 Å². The molecule has 1 aliphatic rings. The van der Waals surface area contributed by atoms with E-state index in [0.29, 0.717) is 26.4 Å². The quantitative estimate of drug-likeness (QED) is 0.581. The lowest BCUT2D eigenvalue weighted by atomic mass is 9.99. The zero-order valence-corrected chi connectivity index (χ0v) is 7.75. The van der Waals surface area contributed by atoms with Crippen LogP contribution in [0.5, 0.6) is 0 Å². The van der Waals surface area contributed by atoms with Crippen LogP contribution in [0.15, 0.2) is 0 Å². The van der Waals surface area contributed by atoms with Crippen molar-refractivity contribution in [2.45, 2.75) is 12.0 Å². The molecule has 1 heterocycles. The van der Waals surface area contributed by atoms with Crippen molar-refractivity contribution in [2.75, 3.05) is 33.5 Å². The molecule has 0 atom stereocenters. The van der Waals surface area contributed by atoms with Crippen LogP contribution in [0.3, 0.4) is 0 Å². The number of carbonyl (C=O) groups excluding carboxylic acids is 1. The Bertz CT molecular complexity index is 175. The molecule has 1 saturated heterocycles. The van der Waals surface area contributed by atoms with E-state index in [4.69, 9.17) is 15.2 Å². The van der Waals surface area contributed by atoms with E-state index in [9.17, 15) is 4.79 Å². The van der Waals surface area contributed by atoms with Gasteiger partial charge in [-0.1, -0.05) is 0 Å². The Labute approximate surface area is 77.1 Å². The second kappa shape index (κ2) is 4.55. The summed E-state index contributed by atoms with van der Waals surface area (Å²) < 4.78 is 14.9. The van der Waals surface area contributed by atoms with Crippen LogP contribution in [0.1, 0.15) is 6.42 Å². The average Bonchev–Trinajstić information content (AvgIpc) is 2.30. The number of methoxy groups -OCH3 is 1. The van der Waals surface area contributed by atoms with Crippen molar-refractivity contribution in [3.63, 3.8) is 0 Å². The van der Waals surface area contributed by atoms with Gasteiger partial charge >= 0.3 is 5.97 Å². The van der Waals surface area contributed by atoms with Crippen molar-refractivity contribution in [3.05, 3.63) is 0 Å². The summed E-state index contributed by atoms with van der Waals surface area (Å²) in [6.45, 7) is 1.73. The molecule has 0 unspecified atom stereocenters. The lowest BCUT2D eigenvalue weighted by Gasteiger charge is -2.24. The highest BCUT2D eigenvalue weighted by molar-refractivity contribution is 5.70. The second-order valence-electron chi connectivity index (χ2n) is 3.22. The van der Waals surface area contributed by atoms with Gasteiger partial charge in [0.15, 0.2) is 0 Å². The van der Waals surface area contributed by atoms with Crippen molar-refractivity contribution < 1.29 is 19.0 Å². The number of carbonyl (C=O) groups is 1. The molecule has 0 spiro atoms. The highest BCUT2D eigenvalue weighted by Crippen LogP contribution is 2.12. The molecule has 0 aromatic rings. The monoisotopic (exact) mass is 189 g/mol. The molecule has 2 N–H and O–H groups in total. The van der Waals surface area contributed by atoms with Gasteiger partial charge < -0.3 is 19.9 Å². The molecule has 13 heavy (non-hydrogen) atoms. The second-order valence-corrected chi connectivity index (χ2v) is 3.22.